The molecule has 0 spiro atoms. The molecule has 3 rings (SSSR count). The van der Waals surface area contributed by atoms with E-state index in [1.165, 1.54) is 12.5 Å². The van der Waals surface area contributed by atoms with Crippen LogP contribution in [0.4, 0.5) is 13.2 Å². The van der Waals surface area contributed by atoms with Crippen LogP contribution in [-0.4, -0.2) is 43.4 Å². The van der Waals surface area contributed by atoms with Crippen molar-refractivity contribution in [3.63, 3.8) is 0 Å². The lowest BCUT2D eigenvalue weighted by Gasteiger charge is -2.16. The van der Waals surface area contributed by atoms with Crippen molar-refractivity contribution in [2.45, 2.75) is 18.5 Å². The molecule has 1 aliphatic heterocycles. The fraction of sp³-hybridized carbons (Fsp3) is 0.429. The predicted molar refractivity (Wildman–Crippen MR) is 73.5 cm³/mol. The number of amides is 1. The fourth-order valence-corrected chi connectivity index (χ4v) is 2.61. The first-order valence-electron chi connectivity index (χ1n) is 7.02. The normalized spacial score (nSPS) is 18.4. The predicted octanol–water partition coefficient (Wildman–Crippen LogP) is 1.86. The summed E-state index contributed by atoms with van der Waals surface area (Å²) in [5, 5.41) is 0. The van der Waals surface area contributed by atoms with Crippen molar-refractivity contribution in [1.29, 1.82) is 0 Å². The van der Waals surface area contributed by atoms with Gasteiger partial charge >= 0.3 is 6.18 Å². The minimum absolute atomic E-state index is 0.125. The lowest BCUT2D eigenvalue weighted by molar-refractivity contribution is -0.141. The van der Waals surface area contributed by atoms with Gasteiger partial charge in [0.2, 0.25) is 0 Å². The van der Waals surface area contributed by atoms with E-state index >= 15 is 0 Å². The summed E-state index contributed by atoms with van der Waals surface area (Å²) in [7, 11) is 1.71. The van der Waals surface area contributed by atoms with Crippen LogP contribution in [-0.2, 0) is 13.2 Å². The van der Waals surface area contributed by atoms with E-state index in [9.17, 15) is 18.0 Å². The number of hydrogen-bond donors (Lipinski definition) is 0. The first-order chi connectivity index (χ1) is 10.9. The summed E-state index contributed by atoms with van der Waals surface area (Å²) in [6.07, 6.45) is 0.134. The monoisotopic (exact) mass is 325 g/mol. The maximum Gasteiger partial charge on any atom is 0.433 e. The van der Waals surface area contributed by atoms with Crippen LogP contribution in [0.3, 0.4) is 0 Å². The van der Waals surface area contributed by atoms with Crippen molar-refractivity contribution in [2.75, 3.05) is 13.1 Å². The van der Waals surface area contributed by atoms with Gasteiger partial charge in [-0.25, -0.2) is 15.0 Å². The molecule has 23 heavy (non-hydrogen) atoms. The van der Waals surface area contributed by atoms with Crippen molar-refractivity contribution in [3.05, 3.63) is 42.0 Å². The highest BCUT2D eigenvalue weighted by Crippen LogP contribution is 2.30. The Labute approximate surface area is 130 Å². The molecule has 6 nitrogen and oxygen atoms in total. The van der Waals surface area contributed by atoms with Gasteiger partial charge in [0.15, 0.2) is 0 Å². The van der Waals surface area contributed by atoms with E-state index in [1.807, 2.05) is 0 Å². The summed E-state index contributed by atoms with van der Waals surface area (Å²) in [6.45, 7) is 0.750. The molecule has 1 fully saturated rings. The average Bonchev–Trinajstić information content (AvgIpc) is 3.15. The molecule has 0 aliphatic carbocycles. The van der Waals surface area contributed by atoms with Gasteiger partial charge in [-0.2, -0.15) is 13.2 Å². The van der Waals surface area contributed by atoms with Crippen molar-refractivity contribution >= 4 is 5.91 Å². The molecular weight excluding hydrogens is 311 g/mol. The van der Waals surface area contributed by atoms with Gasteiger partial charge in [0.25, 0.3) is 5.91 Å². The summed E-state index contributed by atoms with van der Waals surface area (Å²) in [5.74, 6) is -0.367. The molecule has 1 atom stereocenters. The average molecular weight is 325 g/mol. The molecule has 1 amide bonds. The minimum atomic E-state index is -4.50. The summed E-state index contributed by atoms with van der Waals surface area (Å²) >= 11 is 0. The second-order valence-electron chi connectivity index (χ2n) is 5.42. The molecule has 2 aromatic rings. The van der Waals surface area contributed by atoms with E-state index in [0.717, 1.165) is 12.3 Å². The van der Waals surface area contributed by atoms with Crippen LogP contribution in [0.15, 0.2) is 24.8 Å². The first kappa shape index (κ1) is 15.4. The van der Waals surface area contributed by atoms with E-state index in [4.69, 9.17) is 0 Å². The topological polar surface area (TPSA) is 63.9 Å². The molecule has 0 N–H and O–H groups in total. The molecule has 0 bridgehead atoms. The SMILES string of the molecule is Cn1cncc1C(=O)N1CCC(c2nccc(C(F)(F)F)n2)C1. The van der Waals surface area contributed by atoms with Crippen molar-refractivity contribution < 1.29 is 18.0 Å². The third-order valence-electron chi connectivity index (χ3n) is 3.84. The Kier molecular flexibility index (Phi) is 3.78. The molecule has 0 aromatic carbocycles. The van der Waals surface area contributed by atoms with E-state index < -0.39 is 11.9 Å². The van der Waals surface area contributed by atoms with Gasteiger partial charge in [-0.3, -0.25) is 4.79 Å². The second kappa shape index (κ2) is 5.64. The quantitative estimate of drug-likeness (QED) is 0.845. The van der Waals surface area contributed by atoms with Crippen LogP contribution in [0.2, 0.25) is 0 Å². The Balaban J connectivity index is 1.75. The van der Waals surface area contributed by atoms with Crippen LogP contribution in [0, 0.1) is 0 Å². The van der Waals surface area contributed by atoms with Gasteiger partial charge in [0.05, 0.1) is 12.5 Å². The van der Waals surface area contributed by atoms with Gasteiger partial charge in [-0.1, -0.05) is 0 Å². The van der Waals surface area contributed by atoms with Crippen molar-refractivity contribution in [2.24, 2.45) is 7.05 Å². The van der Waals surface area contributed by atoms with Crippen LogP contribution in [0.1, 0.15) is 34.3 Å². The van der Waals surface area contributed by atoms with Crippen LogP contribution >= 0.6 is 0 Å². The zero-order valence-electron chi connectivity index (χ0n) is 12.3. The number of imidazole rings is 1. The third kappa shape index (κ3) is 3.03. The van der Waals surface area contributed by atoms with Gasteiger partial charge < -0.3 is 9.47 Å². The molecule has 1 aliphatic rings. The molecular formula is C14H14F3N5O. The maximum absolute atomic E-state index is 12.7. The van der Waals surface area contributed by atoms with Gasteiger partial charge in [-0.15, -0.1) is 0 Å². The first-order valence-corrected chi connectivity index (χ1v) is 7.02. The molecule has 3 heterocycles. The Morgan fingerprint density at radius 3 is 2.83 bits per heavy atom. The van der Waals surface area contributed by atoms with E-state index in [1.54, 1.807) is 16.5 Å². The second-order valence-corrected chi connectivity index (χ2v) is 5.42. The number of carbonyl (C=O) groups is 1. The maximum atomic E-state index is 12.7. The number of hydrogen-bond acceptors (Lipinski definition) is 4. The van der Waals surface area contributed by atoms with Crippen molar-refractivity contribution in [1.82, 2.24) is 24.4 Å². The Bertz CT molecular complexity index is 727. The number of carbonyl (C=O) groups excluding carboxylic acids is 1. The summed E-state index contributed by atoms with van der Waals surface area (Å²) in [5.41, 5.74) is -0.519. The number of rotatable bonds is 2. The number of aromatic nitrogens is 4. The zero-order chi connectivity index (χ0) is 16.6. The van der Waals surface area contributed by atoms with Crippen LogP contribution in [0.25, 0.3) is 0 Å². The van der Waals surface area contributed by atoms with E-state index in [0.29, 0.717) is 25.2 Å². The van der Waals surface area contributed by atoms with Gasteiger partial charge in [0, 0.05) is 32.3 Å². The Morgan fingerprint density at radius 1 is 1.39 bits per heavy atom. The zero-order valence-corrected chi connectivity index (χ0v) is 12.3. The Hall–Kier alpha value is -2.45. The Morgan fingerprint density at radius 2 is 2.17 bits per heavy atom. The number of nitrogens with zero attached hydrogens (tertiary/aromatic N) is 5. The molecule has 0 saturated carbocycles. The fourth-order valence-electron chi connectivity index (χ4n) is 2.61. The molecule has 122 valence electrons. The minimum Gasteiger partial charge on any atom is -0.337 e. The van der Waals surface area contributed by atoms with Crippen molar-refractivity contribution in [3.8, 4) is 0 Å². The highest BCUT2D eigenvalue weighted by atomic mass is 19.4. The molecule has 9 heteroatoms. The summed E-state index contributed by atoms with van der Waals surface area (Å²) in [6, 6.07) is 0.844. The highest BCUT2D eigenvalue weighted by Gasteiger charge is 2.35. The third-order valence-corrected chi connectivity index (χ3v) is 3.84. The molecule has 1 saturated heterocycles. The van der Waals surface area contributed by atoms with E-state index in [-0.39, 0.29) is 17.6 Å². The van der Waals surface area contributed by atoms with Crippen LogP contribution in [0.5, 0.6) is 0 Å². The summed E-state index contributed by atoms with van der Waals surface area (Å²) < 4.78 is 39.8. The van der Waals surface area contributed by atoms with E-state index in [2.05, 4.69) is 15.0 Å². The smallest absolute Gasteiger partial charge is 0.337 e. The molecule has 0 radical (unpaired) electrons. The number of aryl methyl sites for hydroxylation is 1. The largest absolute Gasteiger partial charge is 0.433 e. The standard InChI is InChI=1S/C14H14F3N5O/c1-21-8-18-6-10(21)13(23)22-5-3-9(7-22)12-19-4-2-11(20-12)14(15,16)17/h2,4,6,8-9H,3,5,7H2,1H3. The molecule has 1 unspecified atom stereocenters. The molecule has 2 aromatic heterocycles. The number of halogens is 3. The lowest BCUT2D eigenvalue weighted by Crippen LogP contribution is -2.30. The summed E-state index contributed by atoms with van der Waals surface area (Å²) in [4.78, 5) is 25.4. The van der Waals surface area contributed by atoms with Gasteiger partial charge in [-0.05, 0) is 12.5 Å². The van der Waals surface area contributed by atoms with Crippen LogP contribution < -0.4 is 0 Å². The highest BCUT2D eigenvalue weighted by molar-refractivity contribution is 5.92. The van der Waals surface area contributed by atoms with Gasteiger partial charge in [0.1, 0.15) is 17.2 Å². The number of likely N-dealkylation sites (tertiary alicyclic amines) is 1. The lowest BCUT2D eigenvalue weighted by atomic mass is 10.1. The number of alkyl halides is 3.